The first-order valence-electron chi connectivity index (χ1n) is 4.40. The van der Waals surface area contributed by atoms with Gasteiger partial charge in [-0.1, -0.05) is 0 Å². The zero-order valence-electron chi connectivity index (χ0n) is 8.44. The van der Waals surface area contributed by atoms with Crippen molar-refractivity contribution >= 4 is 21.6 Å². The van der Waals surface area contributed by atoms with E-state index in [2.05, 4.69) is 21.2 Å². The lowest BCUT2D eigenvalue weighted by Crippen LogP contribution is -2.29. The van der Waals surface area contributed by atoms with Crippen LogP contribution in [0.25, 0.3) is 0 Å². The minimum Gasteiger partial charge on any atom is -0.389 e. The first-order chi connectivity index (χ1) is 6.79. The molecule has 0 saturated heterocycles. The summed E-state index contributed by atoms with van der Waals surface area (Å²) in [5.41, 5.74) is -0.937. The van der Waals surface area contributed by atoms with Gasteiger partial charge in [-0.3, -0.25) is 0 Å². The molecule has 0 atom stereocenters. The molecule has 0 aliphatic carbocycles. The van der Waals surface area contributed by atoms with Gasteiger partial charge in [0.15, 0.2) is 0 Å². The lowest BCUT2D eigenvalue weighted by molar-refractivity contribution is 0.0944. The van der Waals surface area contributed by atoms with E-state index in [-0.39, 0.29) is 16.7 Å². The molecule has 0 spiro atoms. The molecule has 1 aromatic carbocycles. The molecule has 1 aromatic rings. The van der Waals surface area contributed by atoms with Crippen LogP contribution in [-0.2, 0) is 0 Å². The number of halogens is 3. The fourth-order valence-corrected chi connectivity index (χ4v) is 1.29. The predicted octanol–water partition coefficient (Wildman–Crippen LogP) is 2.91. The Morgan fingerprint density at radius 1 is 1.33 bits per heavy atom. The van der Waals surface area contributed by atoms with Crippen molar-refractivity contribution in [1.82, 2.24) is 0 Å². The van der Waals surface area contributed by atoms with Gasteiger partial charge >= 0.3 is 0 Å². The Hall–Kier alpha value is -0.680. The van der Waals surface area contributed by atoms with Gasteiger partial charge in [-0.15, -0.1) is 0 Å². The molecule has 0 bridgehead atoms. The van der Waals surface area contributed by atoms with Gasteiger partial charge < -0.3 is 10.4 Å². The van der Waals surface area contributed by atoms with E-state index in [9.17, 15) is 13.9 Å². The van der Waals surface area contributed by atoms with Crippen LogP contribution in [0.15, 0.2) is 16.6 Å². The molecule has 0 aromatic heterocycles. The van der Waals surface area contributed by atoms with Gasteiger partial charge in [-0.2, -0.15) is 0 Å². The van der Waals surface area contributed by atoms with Gasteiger partial charge in [-0.05, 0) is 35.8 Å². The fourth-order valence-electron chi connectivity index (χ4n) is 0.970. The van der Waals surface area contributed by atoms with Crippen LogP contribution in [0.3, 0.4) is 0 Å². The zero-order valence-corrected chi connectivity index (χ0v) is 10.0. The van der Waals surface area contributed by atoms with Crippen LogP contribution in [0.1, 0.15) is 13.8 Å². The van der Waals surface area contributed by atoms with Crippen LogP contribution in [-0.4, -0.2) is 17.3 Å². The Balaban J connectivity index is 2.82. The second kappa shape index (κ2) is 4.45. The van der Waals surface area contributed by atoms with Crippen molar-refractivity contribution in [3.05, 3.63) is 28.2 Å². The van der Waals surface area contributed by atoms with Crippen molar-refractivity contribution in [2.24, 2.45) is 0 Å². The van der Waals surface area contributed by atoms with E-state index in [1.54, 1.807) is 13.8 Å². The van der Waals surface area contributed by atoms with E-state index in [0.29, 0.717) is 0 Å². The van der Waals surface area contributed by atoms with Crippen LogP contribution >= 0.6 is 15.9 Å². The van der Waals surface area contributed by atoms with E-state index in [1.165, 1.54) is 0 Å². The third-order valence-electron chi connectivity index (χ3n) is 1.72. The molecule has 2 N–H and O–H groups in total. The predicted molar refractivity (Wildman–Crippen MR) is 58.8 cm³/mol. The smallest absolute Gasteiger partial charge is 0.147 e. The lowest BCUT2D eigenvalue weighted by atomic mass is 10.1. The largest absolute Gasteiger partial charge is 0.389 e. The Labute approximate surface area is 95.4 Å². The lowest BCUT2D eigenvalue weighted by Gasteiger charge is -2.18. The minimum atomic E-state index is -0.976. The topological polar surface area (TPSA) is 32.3 Å². The van der Waals surface area contributed by atoms with Crippen molar-refractivity contribution in [1.29, 1.82) is 0 Å². The SMILES string of the molecule is CC(C)(O)CNc1cc(F)c(Br)cc1F. The molecule has 0 radical (unpaired) electrons. The number of hydrogen-bond donors (Lipinski definition) is 2. The van der Waals surface area contributed by atoms with Crippen molar-refractivity contribution in [3.63, 3.8) is 0 Å². The van der Waals surface area contributed by atoms with Crippen molar-refractivity contribution in [2.45, 2.75) is 19.4 Å². The van der Waals surface area contributed by atoms with Gasteiger partial charge in [0.2, 0.25) is 0 Å². The van der Waals surface area contributed by atoms with Gasteiger partial charge in [0.05, 0.1) is 15.8 Å². The molecule has 0 heterocycles. The fraction of sp³-hybridized carbons (Fsp3) is 0.400. The average Bonchev–Trinajstić information content (AvgIpc) is 2.07. The van der Waals surface area contributed by atoms with Crippen LogP contribution < -0.4 is 5.32 Å². The van der Waals surface area contributed by atoms with Gasteiger partial charge in [0.1, 0.15) is 11.6 Å². The number of hydrogen-bond acceptors (Lipinski definition) is 2. The molecule has 1 rings (SSSR count). The molecule has 0 amide bonds. The monoisotopic (exact) mass is 279 g/mol. The molecule has 0 fully saturated rings. The first-order valence-corrected chi connectivity index (χ1v) is 5.20. The Morgan fingerprint density at radius 3 is 2.47 bits per heavy atom. The van der Waals surface area contributed by atoms with Crippen molar-refractivity contribution in [3.8, 4) is 0 Å². The van der Waals surface area contributed by atoms with E-state index in [0.717, 1.165) is 12.1 Å². The highest BCUT2D eigenvalue weighted by Crippen LogP contribution is 2.23. The molecular formula is C10H12BrF2NO. The molecule has 0 unspecified atom stereocenters. The van der Waals surface area contributed by atoms with Crippen LogP contribution in [0.2, 0.25) is 0 Å². The molecule has 0 saturated carbocycles. The third-order valence-corrected chi connectivity index (χ3v) is 2.33. The number of rotatable bonds is 3. The summed E-state index contributed by atoms with van der Waals surface area (Å²) < 4.78 is 26.4. The average molecular weight is 280 g/mol. The second-order valence-corrected chi connectivity index (χ2v) is 4.77. The van der Waals surface area contributed by atoms with Crippen LogP contribution in [0.5, 0.6) is 0 Å². The summed E-state index contributed by atoms with van der Waals surface area (Å²) in [6.45, 7) is 3.30. The van der Waals surface area contributed by atoms with Gasteiger partial charge in [0.25, 0.3) is 0 Å². The standard InChI is InChI=1S/C10H12BrF2NO/c1-10(2,15)5-14-9-4-7(12)6(11)3-8(9)13/h3-4,14-15H,5H2,1-2H3. The first kappa shape index (κ1) is 12.4. The van der Waals surface area contributed by atoms with E-state index in [4.69, 9.17) is 0 Å². The summed E-state index contributed by atoms with van der Waals surface area (Å²) in [6.07, 6.45) is 0. The molecular weight excluding hydrogens is 268 g/mol. The quantitative estimate of drug-likeness (QED) is 0.834. The van der Waals surface area contributed by atoms with Crippen molar-refractivity contribution < 1.29 is 13.9 Å². The summed E-state index contributed by atoms with van der Waals surface area (Å²) in [7, 11) is 0. The van der Waals surface area contributed by atoms with Gasteiger partial charge in [-0.25, -0.2) is 8.78 Å². The number of nitrogens with one attached hydrogen (secondary N) is 1. The van der Waals surface area contributed by atoms with E-state index in [1.807, 2.05) is 0 Å². The molecule has 2 nitrogen and oxygen atoms in total. The summed E-state index contributed by atoms with van der Waals surface area (Å²) in [5.74, 6) is -1.11. The van der Waals surface area contributed by atoms with Crippen LogP contribution in [0.4, 0.5) is 14.5 Å². The number of benzene rings is 1. The maximum absolute atomic E-state index is 13.3. The van der Waals surface area contributed by atoms with E-state index < -0.39 is 17.2 Å². The minimum absolute atomic E-state index is 0.0397. The summed E-state index contributed by atoms with van der Waals surface area (Å²) in [4.78, 5) is 0. The number of anilines is 1. The highest BCUT2D eigenvalue weighted by atomic mass is 79.9. The van der Waals surface area contributed by atoms with E-state index >= 15 is 0 Å². The normalized spacial score (nSPS) is 11.6. The van der Waals surface area contributed by atoms with Gasteiger partial charge in [0, 0.05) is 12.6 Å². The highest BCUT2D eigenvalue weighted by Gasteiger charge is 2.14. The molecule has 0 aliphatic rings. The molecule has 15 heavy (non-hydrogen) atoms. The van der Waals surface area contributed by atoms with Crippen LogP contribution in [0, 0.1) is 11.6 Å². The maximum Gasteiger partial charge on any atom is 0.147 e. The maximum atomic E-state index is 13.3. The third kappa shape index (κ3) is 3.76. The van der Waals surface area contributed by atoms with Crippen molar-refractivity contribution in [2.75, 3.05) is 11.9 Å². The second-order valence-electron chi connectivity index (χ2n) is 3.91. The summed E-state index contributed by atoms with van der Waals surface area (Å²) in [6, 6.07) is 2.09. The summed E-state index contributed by atoms with van der Waals surface area (Å²) >= 11 is 2.88. The number of aliphatic hydroxyl groups is 1. The molecule has 5 heteroatoms. The zero-order chi connectivity index (χ0) is 11.6. The highest BCUT2D eigenvalue weighted by molar-refractivity contribution is 9.10. The summed E-state index contributed by atoms with van der Waals surface area (Å²) in [5, 5.41) is 12.0. The molecule has 84 valence electrons. The Kier molecular flexibility index (Phi) is 3.67. The Bertz CT molecular complexity index is 363. The molecule has 0 aliphatic heterocycles. The Morgan fingerprint density at radius 2 is 1.93 bits per heavy atom.